The molecule has 0 saturated carbocycles. The van der Waals surface area contributed by atoms with Crippen molar-refractivity contribution >= 4 is 76.9 Å². The van der Waals surface area contributed by atoms with E-state index in [0.29, 0.717) is 37.9 Å². The molecule has 2 heterocycles. The zero-order valence-corrected chi connectivity index (χ0v) is 21.9. The van der Waals surface area contributed by atoms with E-state index >= 15 is 0 Å². The van der Waals surface area contributed by atoms with Gasteiger partial charge in [0.05, 0.1) is 38.6 Å². The Balaban J connectivity index is 1.25. The Labute approximate surface area is 223 Å². The van der Waals surface area contributed by atoms with Crippen LogP contribution in [0.4, 0.5) is 16.5 Å². The number of thioether (sulfide) groups is 1. The molecule has 38 heavy (non-hydrogen) atoms. The zero-order chi connectivity index (χ0) is 26.9. The van der Waals surface area contributed by atoms with E-state index < -0.39 is 14.9 Å². The first-order valence-electron chi connectivity index (χ1n) is 10.8. The van der Waals surface area contributed by atoms with Crippen LogP contribution in [-0.2, 0) is 14.8 Å². The number of hydrogen-bond donors (Lipinski definition) is 2. The Morgan fingerprint density at radius 1 is 1.13 bits per heavy atom. The highest BCUT2D eigenvalue weighted by Crippen LogP contribution is 2.31. The number of rotatable bonds is 9. The normalized spacial score (nSPS) is 11.5. The van der Waals surface area contributed by atoms with Crippen molar-refractivity contribution in [1.82, 2.24) is 9.97 Å². The summed E-state index contributed by atoms with van der Waals surface area (Å²) in [6, 6.07) is 15.2. The number of hydrogen-bond acceptors (Lipinski definition) is 11. The van der Waals surface area contributed by atoms with Gasteiger partial charge in [-0.2, -0.15) is 0 Å². The number of nitro benzene ring substituents is 1. The monoisotopic (exact) mass is 571 g/mol. The summed E-state index contributed by atoms with van der Waals surface area (Å²) in [5.41, 5.74) is 1.44. The number of para-hydroxylation sites is 2. The predicted octanol–water partition coefficient (Wildman–Crippen LogP) is 4.89. The number of nitrogens with one attached hydrogen (secondary N) is 2. The maximum atomic E-state index is 12.9. The highest BCUT2D eigenvalue weighted by Gasteiger charge is 2.19. The molecular formula is C23H17N5O7S3. The zero-order valence-electron chi connectivity index (χ0n) is 19.4. The van der Waals surface area contributed by atoms with Crippen LogP contribution in [0.2, 0.25) is 0 Å². The molecule has 0 saturated heterocycles. The van der Waals surface area contributed by atoms with Crippen molar-refractivity contribution in [2.75, 3.05) is 22.9 Å². The Kier molecular flexibility index (Phi) is 6.88. The number of carbonyl (C=O) groups is 1. The van der Waals surface area contributed by atoms with Crippen molar-refractivity contribution in [3.05, 3.63) is 70.8 Å². The first kappa shape index (κ1) is 25.4. The summed E-state index contributed by atoms with van der Waals surface area (Å²) in [6.45, 7) is 0. The second-order valence-corrected chi connectivity index (χ2v) is 11.3. The van der Waals surface area contributed by atoms with Gasteiger partial charge in [-0.05, 0) is 36.4 Å². The van der Waals surface area contributed by atoms with Crippen molar-refractivity contribution < 1.29 is 27.3 Å². The number of anilines is 2. The molecule has 0 spiro atoms. The van der Waals surface area contributed by atoms with Crippen molar-refractivity contribution in [1.29, 1.82) is 0 Å². The standard InChI is InChI=1S/C23H17N5O7S3/c1-34-18-5-3-2-4-15(18)27-38(32,33)14-7-9-19-17(11-14)25-23(35-19)36-12-21(29)26-22-24-16-8-6-13(28(30)31)10-20(16)37-22/h2-11,27H,12H2,1H3,(H,24,26,29). The highest BCUT2D eigenvalue weighted by atomic mass is 32.2. The topological polar surface area (TPSA) is 167 Å². The molecule has 3 aromatic carbocycles. The van der Waals surface area contributed by atoms with E-state index in [9.17, 15) is 23.3 Å². The van der Waals surface area contributed by atoms with Crippen LogP contribution in [0.3, 0.4) is 0 Å². The maximum absolute atomic E-state index is 12.9. The smallest absolute Gasteiger partial charge is 0.270 e. The fourth-order valence-electron chi connectivity index (χ4n) is 3.41. The van der Waals surface area contributed by atoms with Gasteiger partial charge in [0.1, 0.15) is 11.3 Å². The van der Waals surface area contributed by atoms with Gasteiger partial charge < -0.3 is 14.5 Å². The number of benzene rings is 3. The van der Waals surface area contributed by atoms with Gasteiger partial charge in [-0.15, -0.1) is 0 Å². The van der Waals surface area contributed by atoms with E-state index in [-0.39, 0.29) is 27.5 Å². The number of ether oxygens (including phenoxy) is 1. The number of aromatic nitrogens is 2. The minimum Gasteiger partial charge on any atom is -0.495 e. The molecule has 0 aliphatic carbocycles. The molecule has 0 bridgehead atoms. The molecule has 0 fully saturated rings. The SMILES string of the molecule is COc1ccccc1NS(=O)(=O)c1ccc2oc(SCC(=O)Nc3nc4ccc([N+](=O)[O-])cc4s3)nc2c1. The second kappa shape index (κ2) is 10.3. The number of nitro groups is 1. The highest BCUT2D eigenvalue weighted by molar-refractivity contribution is 7.99. The summed E-state index contributed by atoms with van der Waals surface area (Å²) in [7, 11) is -2.49. The first-order valence-corrected chi connectivity index (χ1v) is 14.0. The molecule has 0 radical (unpaired) electrons. The molecule has 12 nitrogen and oxygen atoms in total. The summed E-state index contributed by atoms with van der Waals surface area (Å²) >= 11 is 2.15. The number of carbonyl (C=O) groups excluding carboxylic acids is 1. The minimum atomic E-state index is -3.93. The summed E-state index contributed by atoms with van der Waals surface area (Å²) in [4.78, 5) is 31.4. The second-order valence-electron chi connectivity index (χ2n) is 7.68. The summed E-state index contributed by atoms with van der Waals surface area (Å²) in [6.07, 6.45) is 0. The van der Waals surface area contributed by atoms with Crippen molar-refractivity contribution in [2.45, 2.75) is 10.1 Å². The molecule has 2 aromatic heterocycles. The summed E-state index contributed by atoms with van der Waals surface area (Å²) in [5, 5.41) is 14.1. The van der Waals surface area contributed by atoms with Gasteiger partial charge in [-0.1, -0.05) is 35.2 Å². The summed E-state index contributed by atoms with van der Waals surface area (Å²) < 4.78 is 39.7. The Hall–Kier alpha value is -4.21. The third-order valence-electron chi connectivity index (χ3n) is 5.16. The van der Waals surface area contributed by atoms with Gasteiger partial charge in [-0.3, -0.25) is 19.6 Å². The van der Waals surface area contributed by atoms with Crippen LogP contribution in [-0.4, -0.2) is 42.1 Å². The number of fused-ring (bicyclic) bond motifs is 2. The van der Waals surface area contributed by atoms with Gasteiger partial charge in [-0.25, -0.2) is 18.4 Å². The Morgan fingerprint density at radius 3 is 2.74 bits per heavy atom. The number of sulfonamides is 1. The molecular weight excluding hydrogens is 554 g/mol. The molecule has 0 atom stereocenters. The average molecular weight is 572 g/mol. The molecule has 5 rings (SSSR count). The van der Waals surface area contributed by atoms with E-state index in [0.717, 1.165) is 23.1 Å². The lowest BCUT2D eigenvalue weighted by molar-refractivity contribution is -0.384. The number of thiazole rings is 1. The Bertz CT molecular complexity index is 1800. The third-order valence-corrected chi connectivity index (χ3v) is 8.28. The number of amides is 1. The van der Waals surface area contributed by atoms with Crippen LogP contribution in [0.5, 0.6) is 5.75 Å². The molecule has 0 aliphatic heterocycles. The van der Waals surface area contributed by atoms with Gasteiger partial charge >= 0.3 is 0 Å². The van der Waals surface area contributed by atoms with Crippen LogP contribution < -0.4 is 14.8 Å². The van der Waals surface area contributed by atoms with Crippen LogP contribution in [0.15, 0.2) is 75.2 Å². The average Bonchev–Trinajstić information content (AvgIpc) is 3.49. The lowest BCUT2D eigenvalue weighted by Crippen LogP contribution is -2.13. The molecule has 194 valence electrons. The van der Waals surface area contributed by atoms with Gasteiger partial charge in [0.2, 0.25) is 5.91 Å². The van der Waals surface area contributed by atoms with Crippen molar-refractivity contribution in [3.8, 4) is 5.75 Å². The molecule has 15 heteroatoms. The first-order chi connectivity index (χ1) is 18.2. The number of methoxy groups -OCH3 is 1. The van der Waals surface area contributed by atoms with Crippen molar-refractivity contribution in [3.63, 3.8) is 0 Å². The van der Waals surface area contributed by atoms with E-state index in [1.54, 1.807) is 24.3 Å². The lowest BCUT2D eigenvalue weighted by Gasteiger charge is -2.11. The fourth-order valence-corrected chi connectivity index (χ4v) is 6.05. The van der Waals surface area contributed by atoms with E-state index in [4.69, 9.17) is 9.15 Å². The van der Waals surface area contributed by atoms with Crippen LogP contribution in [0.1, 0.15) is 0 Å². The molecule has 5 aromatic rings. The van der Waals surface area contributed by atoms with E-state index in [2.05, 4.69) is 20.0 Å². The fraction of sp³-hybridized carbons (Fsp3) is 0.0870. The van der Waals surface area contributed by atoms with Gasteiger partial charge in [0.25, 0.3) is 20.9 Å². The van der Waals surface area contributed by atoms with Crippen molar-refractivity contribution in [2.24, 2.45) is 0 Å². The van der Waals surface area contributed by atoms with Crippen LogP contribution >= 0.6 is 23.1 Å². The lowest BCUT2D eigenvalue weighted by atomic mass is 10.3. The molecule has 0 unspecified atom stereocenters. The van der Waals surface area contributed by atoms with Gasteiger partial charge in [0, 0.05) is 12.1 Å². The molecule has 2 N–H and O–H groups in total. The predicted molar refractivity (Wildman–Crippen MR) is 143 cm³/mol. The van der Waals surface area contributed by atoms with Crippen LogP contribution in [0.25, 0.3) is 21.3 Å². The summed E-state index contributed by atoms with van der Waals surface area (Å²) in [5.74, 6) is -0.0542. The maximum Gasteiger partial charge on any atom is 0.270 e. The molecule has 0 aliphatic rings. The Morgan fingerprint density at radius 2 is 1.95 bits per heavy atom. The number of nitrogens with zero attached hydrogens (tertiary/aromatic N) is 3. The number of non-ortho nitro benzene ring substituents is 1. The third kappa shape index (κ3) is 5.39. The van der Waals surface area contributed by atoms with Crippen LogP contribution in [0, 0.1) is 10.1 Å². The quantitative estimate of drug-likeness (QED) is 0.141. The van der Waals surface area contributed by atoms with E-state index in [1.165, 1.54) is 43.5 Å². The minimum absolute atomic E-state index is 0.0189. The number of oxazole rings is 1. The van der Waals surface area contributed by atoms with Gasteiger partial charge in [0.15, 0.2) is 10.7 Å². The largest absolute Gasteiger partial charge is 0.495 e. The molecule has 1 amide bonds. The van der Waals surface area contributed by atoms with E-state index in [1.807, 2.05) is 0 Å².